The Balaban J connectivity index is 2.32. The summed E-state index contributed by atoms with van der Waals surface area (Å²) in [7, 11) is 0. The SMILES string of the molecule is OC(c1ccccc1)(c1ccccc1)c1ccc(Br)c(Br)c1Br. The van der Waals surface area contributed by atoms with Crippen molar-refractivity contribution >= 4 is 47.8 Å². The standard InChI is InChI=1S/C19H13Br3O/c20-16-12-11-15(17(21)18(16)22)19(23,13-7-3-1-4-8-13)14-9-5-2-6-10-14/h1-12,23H. The molecular weight excluding hydrogens is 484 g/mol. The monoisotopic (exact) mass is 494 g/mol. The van der Waals surface area contributed by atoms with Gasteiger partial charge in [-0.15, -0.1) is 0 Å². The maximum atomic E-state index is 11.8. The summed E-state index contributed by atoms with van der Waals surface area (Å²) in [6.07, 6.45) is 0. The van der Waals surface area contributed by atoms with Crippen LogP contribution in [0.2, 0.25) is 0 Å². The first-order valence-corrected chi connectivity index (χ1v) is 9.40. The van der Waals surface area contributed by atoms with Crippen LogP contribution in [0.1, 0.15) is 16.7 Å². The van der Waals surface area contributed by atoms with Crippen molar-refractivity contribution in [3.05, 3.63) is 103 Å². The van der Waals surface area contributed by atoms with Gasteiger partial charge in [0.15, 0.2) is 0 Å². The molecule has 0 aliphatic heterocycles. The lowest BCUT2D eigenvalue weighted by Crippen LogP contribution is -2.29. The van der Waals surface area contributed by atoms with E-state index in [9.17, 15) is 5.11 Å². The lowest BCUT2D eigenvalue weighted by molar-refractivity contribution is 0.125. The Labute approximate surface area is 160 Å². The van der Waals surface area contributed by atoms with E-state index in [1.807, 2.05) is 72.8 Å². The summed E-state index contributed by atoms with van der Waals surface area (Å²) < 4.78 is 2.62. The van der Waals surface area contributed by atoms with Crippen molar-refractivity contribution in [3.8, 4) is 0 Å². The molecule has 0 spiro atoms. The second-order valence-corrected chi connectivity index (χ2v) is 7.61. The first kappa shape index (κ1) is 16.9. The molecule has 0 heterocycles. The molecule has 3 rings (SSSR count). The van der Waals surface area contributed by atoms with Crippen LogP contribution >= 0.6 is 47.8 Å². The Bertz CT molecular complexity index is 777. The van der Waals surface area contributed by atoms with Gasteiger partial charge in [-0.25, -0.2) is 0 Å². The molecule has 0 unspecified atom stereocenters. The quantitative estimate of drug-likeness (QED) is 0.335. The van der Waals surface area contributed by atoms with Crippen molar-refractivity contribution in [2.45, 2.75) is 5.60 Å². The van der Waals surface area contributed by atoms with Gasteiger partial charge in [0.2, 0.25) is 0 Å². The number of hydrogen-bond donors (Lipinski definition) is 1. The fraction of sp³-hybridized carbons (Fsp3) is 0.0526. The van der Waals surface area contributed by atoms with Crippen LogP contribution < -0.4 is 0 Å². The highest BCUT2D eigenvalue weighted by atomic mass is 79.9. The zero-order chi connectivity index (χ0) is 16.4. The van der Waals surface area contributed by atoms with Gasteiger partial charge >= 0.3 is 0 Å². The van der Waals surface area contributed by atoms with Gasteiger partial charge in [0.25, 0.3) is 0 Å². The van der Waals surface area contributed by atoms with Crippen molar-refractivity contribution in [2.75, 3.05) is 0 Å². The van der Waals surface area contributed by atoms with Gasteiger partial charge in [0.05, 0.1) is 0 Å². The fourth-order valence-corrected chi connectivity index (χ4v) is 4.22. The lowest BCUT2D eigenvalue weighted by Gasteiger charge is -2.31. The summed E-state index contributed by atoms with van der Waals surface area (Å²) in [6.45, 7) is 0. The predicted octanol–water partition coefficient (Wildman–Crippen LogP) is 6.26. The van der Waals surface area contributed by atoms with Crippen LogP contribution in [0.15, 0.2) is 86.2 Å². The second kappa shape index (κ2) is 6.89. The molecule has 0 aliphatic rings. The molecule has 3 aromatic rings. The molecule has 1 N–H and O–H groups in total. The Morgan fingerprint density at radius 3 is 1.57 bits per heavy atom. The number of rotatable bonds is 3. The Kier molecular flexibility index (Phi) is 5.07. The summed E-state index contributed by atoms with van der Waals surface area (Å²) in [5, 5.41) is 11.8. The molecule has 3 aromatic carbocycles. The van der Waals surface area contributed by atoms with Gasteiger partial charge in [0, 0.05) is 19.0 Å². The largest absolute Gasteiger partial charge is 0.376 e. The summed E-state index contributed by atoms with van der Waals surface area (Å²) >= 11 is 10.7. The number of halogens is 3. The highest BCUT2D eigenvalue weighted by Gasteiger charge is 2.36. The molecule has 1 nitrogen and oxygen atoms in total. The highest BCUT2D eigenvalue weighted by Crippen LogP contribution is 2.44. The average Bonchev–Trinajstić information content (AvgIpc) is 2.61. The van der Waals surface area contributed by atoms with Crippen LogP contribution in [0, 0.1) is 0 Å². The van der Waals surface area contributed by atoms with Gasteiger partial charge in [0.1, 0.15) is 5.60 Å². The fourth-order valence-electron chi connectivity index (χ4n) is 2.64. The van der Waals surface area contributed by atoms with E-state index in [-0.39, 0.29) is 0 Å². The predicted molar refractivity (Wildman–Crippen MR) is 105 cm³/mol. The van der Waals surface area contributed by atoms with Crippen LogP contribution in [-0.4, -0.2) is 5.11 Å². The molecular formula is C19H13Br3O. The first-order chi connectivity index (χ1) is 11.0. The lowest BCUT2D eigenvalue weighted by atomic mass is 9.80. The summed E-state index contributed by atoms with van der Waals surface area (Å²) in [5.74, 6) is 0. The number of hydrogen-bond acceptors (Lipinski definition) is 1. The molecule has 116 valence electrons. The molecule has 0 aliphatic carbocycles. The molecule has 0 saturated heterocycles. The third-order valence-electron chi connectivity index (χ3n) is 3.81. The zero-order valence-corrected chi connectivity index (χ0v) is 16.8. The molecule has 0 radical (unpaired) electrons. The van der Waals surface area contributed by atoms with E-state index >= 15 is 0 Å². The molecule has 0 atom stereocenters. The molecule has 23 heavy (non-hydrogen) atoms. The smallest absolute Gasteiger partial charge is 0.141 e. The summed E-state index contributed by atoms with van der Waals surface area (Å²) in [6, 6.07) is 23.3. The van der Waals surface area contributed by atoms with Crippen LogP contribution in [0.3, 0.4) is 0 Å². The van der Waals surface area contributed by atoms with Gasteiger partial charge in [-0.3, -0.25) is 0 Å². The van der Waals surface area contributed by atoms with Crippen molar-refractivity contribution < 1.29 is 5.11 Å². The topological polar surface area (TPSA) is 20.2 Å². The number of benzene rings is 3. The van der Waals surface area contributed by atoms with Crippen molar-refractivity contribution in [2.24, 2.45) is 0 Å². The van der Waals surface area contributed by atoms with Crippen LogP contribution in [0.4, 0.5) is 0 Å². The molecule has 0 aromatic heterocycles. The second-order valence-electron chi connectivity index (χ2n) is 5.17. The van der Waals surface area contributed by atoms with E-state index in [1.54, 1.807) is 0 Å². The molecule has 0 fully saturated rings. The minimum atomic E-state index is -1.25. The molecule has 0 bridgehead atoms. The minimum absolute atomic E-state index is 0.782. The summed E-state index contributed by atoms with van der Waals surface area (Å²) in [5.41, 5.74) is 1.18. The third-order valence-corrected chi connectivity index (χ3v) is 7.18. The number of aliphatic hydroxyl groups is 1. The first-order valence-electron chi connectivity index (χ1n) is 7.02. The van der Waals surface area contributed by atoms with E-state index < -0.39 is 5.60 Å². The average molecular weight is 497 g/mol. The van der Waals surface area contributed by atoms with Crippen LogP contribution in [-0.2, 0) is 5.60 Å². The normalized spacial score (nSPS) is 11.5. The van der Waals surface area contributed by atoms with Crippen molar-refractivity contribution in [1.29, 1.82) is 0 Å². The molecule has 4 heteroatoms. The minimum Gasteiger partial charge on any atom is -0.376 e. The van der Waals surface area contributed by atoms with Crippen LogP contribution in [0.5, 0.6) is 0 Å². The van der Waals surface area contributed by atoms with E-state index in [1.165, 1.54) is 0 Å². The summed E-state index contributed by atoms with van der Waals surface area (Å²) in [4.78, 5) is 0. The third kappa shape index (κ3) is 3.05. The molecule has 0 saturated carbocycles. The maximum absolute atomic E-state index is 11.8. The van der Waals surface area contributed by atoms with Crippen LogP contribution in [0.25, 0.3) is 0 Å². The molecule has 0 amide bonds. The van der Waals surface area contributed by atoms with Crippen molar-refractivity contribution in [1.82, 2.24) is 0 Å². The van der Waals surface area contributed by atoms with Gasteiger partial charge in [-0.1, -0.05) is 66.7 Å². The van der Waals surface area contributed by atoms with E-state index in [2.05, 4.69) is 47.8 Å². The highest BCUT2D eigenvalue weighted by molar-refractivity contribution is 9.14. The van der Waals surface area contributed by atoms with E-state index in [0.717, 1.165) is 30.1 Å². The van der Waals surface area contributed by atoms with Gasteiger partial charge in [-0.05, 0) is 65.0 Å². The zero-order valence-electron chi connectivity index (χ0n) is 12.0. The Hall–Kier alpha value is -0.940. The van der Waals surface area contributed by atoms with Gasteiger partial charge < -0.3 is 5.11 Å². The Morgan fingerprint density at radius 2 is 1.09 bits per heavy atom. The van der Waals surface area contributed by atoms with E-state index in [4.69, 9.17) is 0 Å². The Morgan fingerprint density at radius 1 is 0.609 bits per heavy atom. The maximum Gasteiger partial charge on any atom is 0.141 e. The van der Waals surface area contributed by atoms with Gasteiger partial charge in [-0.2, -0.15) is 0 Å². The van der Waals surface area contributed by atoms with Crippen molar-refractivity contribution in [3.63, 3.8) is 0 Å². The van der Waals surface area contributed by atoms with E-state index in [0.29, 0.717) is 0 Å².